The maximum absolute atomic E-state index is 12.4. The number of nitrogens with one attached hydrogen (secondary N) is 2. The Hall–Kier alpha value is -1.37. The normalized spacial score (nSPS) is 11.5. The summed E-state index contributed by atoms with van der Waals surface area (Å²) in [6, 6.07) is 9.17. The number of sulfonamides is 1. The summed E-state index contributed by atoms with van der Waals surface area (Å²) in [5.41, 5.74) is 2.61. The molecular formula is C14H18N2O2S2. The molecule has 0 saturated heterocycles. The van der Waals surface area contributed by atoms with Crippen LogP contribution in [0.4, 0.5) is 5.69 Å². The predicted octanol–water partition coefficient (Wildman–Crippen LogP) is 2.83. The number of aryl methyl sites for hydroxylation is 1. The van der Waals surface area contributed by atoms with Gasteiger partial charge in [-0.2, -0.15) is 0 Å². The van der Waals surface area contributed by atoms with E-state index in [0.717, 1.165) is 17.5 Å². The Morgan fingerprint density at radius 1 is 1.25 bits per heavy atom. The maximum atomic E-state index is 12.4. The largest absolute Gasteiger partial charge is 0.316 e. The van der Waals surface area contributed by atoms with Crippen molar-refractivity contribution < 1.29 is 8.42 Å². The van der Waals surface area contributed by atoms with Crippen LogP contribution in [0.15, 0.2) is 39.9 Å². The molecule has 20 heavy (non-hydrogen) atoms. The maximum Gasteiger partial charge on any atom is 0.271 e. The molecule has 6 heteroatoms. The van der Waals surface area contributed by atoms with Gasteiger partial charge in [-0.1, -0.05) is 25.1 Å². The number of hydrogen-bond acceptors (Lipinski definition) is 4. The van der Waals surface area contributed by atoms with Gasteiger partial charge in [0.2, 0.25) is 0 Å². The molecule has 0 bridgehead atoms. The molecule has 2 aromatic rings. The smallest absolute Gasteiger partial charge is 0.271 e. The Kier molecular flexibility index (Phi) is 4.80. The van der Waals surface area contributed by atoms with Gasteiger partial charge >= 0.3 is 0 Å². The SMILES string of the molecule is CCc1ccccc1NS(=O)(=O)c1cc(CNC)cs1. The van der Waals surface area contributed by atoms with E-state index in [-0.39, 0.29) is 0 Å². The molecule has 0 unspecified atom stereocenters. The molecule has 0 radical (unpaired) electrons. The molecule has 1 heterocycles. The first kappa shape index (κ1) is 15.0. The highest BCUT2D eigenvalue weighted by Crippen LogP contribution is 2.25. The van der Waals surface area contributed by atoms with Gasteiger partial charge in [-0.05, 0) is 42.1 Å². The second kappa shape index (κ2) is 6.39. The summed E-state index contributed by atoms with van der Waals surface area (Å²) in [5.74, 6) is 0. The first-order valence-corrected chi connectivity index (χ1v) is 8.76. The fourth-order valence-corrected chi connectivity index (χ4v) is 4.22. The van der Waals surface area contributed by atoms with Crippen molar-refractivity contribution >= 4 is 27.0 Å². The molecule has 1 aromatic heterocycles. The molecular weight excluding hydrogens is 292 g/mol. The van der Waals surface area contributed by atoms with E-state index in [4.69, 9.17) is 0 Å². The average molecular weight is 310 g/mol. The van der Waals surface area contributed by atoms with Crippen LogP contribution in [-0.2, 0) is 23.0 Å². The van der Waals surface area contributed by atoms with Crippen LogP contribution in [-0.4, -0.2) is 15.5 Å². The van der Waals surface area contributed by atoms with Crippen LogP contribution in [0.1, 0.15) is 18.1 Å². The van der Waals surface area contributed by atoms with E-state index in [2.05, 4.69) is 10.0 Å². The lowest BCUT2D eigenvalue weighted by molar-refractivity contribution is 0.603. The summed E-state index contributed by atoms with van der Waals surface area (Å²) in [5, 5.41) is 4.87. The minimum absolute atomic E-state index is 0.341. The van der Waals surface area contributed by atoms with Gasteiger partial charge in [-0.15, -0.1) is 11.3 Å². The fraction of sp³-hybridized carbons (Fsp3) is 0.286. The lowest BCUT2D eigenvalue weighted by Crippen LogP contribution is -2.13. The van der Waals surface area contributed by atoms with Crippen molar-refractivity contribution in [2.45, 2.75) is 24.1 Å². The number of rotatable bonds is 6. The summed E-state index contributed by atoms with van der Waals surface area (Å²) in [6.07, 6.45) is 0.786. The van der Waals surface area contributed by atoms with E-state index < -0.39 is 10.0 Å². The average Bonchev–Trinajstić information content (AvgIpc) is 2.89. The zero-order valence-corrected chi connectivity index (χ0v) is 13.1. The van der Waals surface area contributed by atoms with Crippen molar-refractivity contribution in [1.82, 2.24) is 5.32 Å². The molecule has 0 spiro atoms. The summed E-state index contributed by atoms with van der Waals surface area (Å²) in [6.45, 7) is 2.67. The van der Waals surface area contributed by atoms with Crippen LogP contribution in [0.3, 0.4) is 0 Å². The minimum Gasteiger partial charge on any atom is -0.316 e. The fourth-order valence-electron chi connectivity index (χ4n) is 1.91. The monoisotopic (exact) mass is 310 g/mol. The Morgan fingerprint density at radius 3 is 2.70 bits per heavy atom. The van der Waals surface area contributed by atoms with Crippen molar-refractivity contribution in [3.63, 3.8) is 0 Å². The standard InChI is InChI=1S/C14H18N2O2S2/c1-3-12-6-4-5-7-13(12)16-20(17,18)14-8-11(9-15-2)10-19-14/h4-8,10,15-16H,3,9H2,1-2H3. The summed E-state index contributed by atoms with van der Waals surface area (Å²) >= 11 is 1.24. The van der Waals surface area contributed by atoms with Crippen LogP contribution < -0.4 is 10.0 Å². The molecule has 0 aliphatic carbocycles. The van der Waals surface area contributed by atoms with Gasteiger partial charge in [-0.25, -0.2) is 8.42 Å². The third kappa shape index (κ3) is 3.39. The van der Waals surface area contributed by atoms with E-state index in [1.54, 1.807) is 12.1 Å². The zero-order valence-electron chi connectivity index (χ0n) is 11.5. The van der Waals surface area contributed by atoms with Crippen molar-refractivity contribution in [2.24, 2.45) is 0 Å². The molecule has 4 nitrogen and oxygen atoms in total. The van der Waals surface area contributed by atoms with Crippen LogP contribution >= 0.6 is 11.3 Å². The first-order chi connectivity index (χ1) is 9.56. The lowest BCUT2D eigenvalue weighted by atomic mass is 10.1. The van der Waals surface area contributed by atoms with Gasteiger partial charge in [0.25, 0.3) is 10.0 Å². The van der Waals surface area contributed by atoms with Crippen LogP contribution in [0, 0.1) is 0 Å². The topological polar surface area (TPSA) is 58.2 Å². The second-order valence-electron chi connectivity index (χ2n) is 4.42. The molecule has 2 N–H and O–H groups in total. The molecule has 0 atom stereocenters. The van der Waals surface area contributed by atoms with E-state index in [1.807, 2.05) is 37.6 Å². The van der Waals surface area contributed by atoms with Crippen molar-refractivity contribution in [2.75, 3.05) is 11.8 Å². The number of hydrogen-bond donors (Lipinski definition) is 2. The third-order valence-corrected chi connectivity index (χ3v) is 5.77. The molecule has 0 saturated carbocycles. The highest BCUT2D eigenvalue weighted by molar-refractivity contribution is 7.94. The zero-order chi connectivity index (χ0) is 14.6. The quantitative estimate of drug-likeness (QED) is 0.862. The van der Waals surface area contributed by atoms with Crippen LogP contribution in [0.2, 0.25) is 0 Å². The Balaban J connectivity index is 2.26. The van der Waals surface area contributed by atoms with Gasteiger partial charge in [0.05, 0.1) is 5.69 Å². The van der Waals surface area contributed by atoms with Crippen molar-refractivity contribution in [3.8, 4) is 0 Å². The molecule has 0 amide bonds. The van der Waals surface area contributed by atoms with Crippen LogP contribution in [0.25, 0.3) is 0 Å². The number of para-hydroxylation sites is 1. The van der Waals surface area contributed by atoms with Gasteiger partial charge in [0.1, 0.15) is 4.21 Å². The van der Waals surface area contributed by atoms with Gasteiger partial charge in [0, 0.05) is 6.54 Å². The number of anilines is 1. The predicted molar refractivity (Wildman–Crippen MR) is 83.7 cm³/mol. The molecule has 2 rings (SSSR count). The highest BCUT2D eigenvalue weighted by atomic mass is 32.2. The Bertz CT molecular complexity index is 678. The molecule has 0 aliphatic rings. The van der Waals surface area contributed by atoms with E-state index in [1.165, 1.54) is 11.3 Å². The van der Waals surface area contributed by atoms with E-state index in [9.17, 15) is 8.42 Å². The minimum atomic E-state index is -3.50. The van der Waals surface area contributed by atoms with E-state index in [0.29, 0.717) is 16.4 Å². The molecule has 108 valence electrons. The van der Waals surface area contributed by atoms with Gasteiger partial charge in [0.15, 0.2) is 0 Å². The highest BCUT2D eigenvalue weighted by Gasteiger charge is 2.17. The number of thiophene rings is 1. The van der Waals surface area contributed by atoms with Gasteiger partial charge in [-0.3, -0.25) is 4.72 Å². The molecule has 0 fully saturated rings. The Labute approximate surface area is 123 Å². The first-order valence-electron chi connectivity index (χ1n) is 6.39. The van der Waals surface area contributed by atoms with E-state index >= 15 is 0 Å². The summed E-state index contributed by atoms with van der Waals surface area (Å²) in [7, 11) is -1.67. The third-order valence-electron chi connectivity index (χ3n) is 2.92. The van der Waals surface area contributed by atoms with Gasteiger partial charge < -0.3 is 5.32 Å². The lowest BCUT2D eigenvalue weighted by Gasteiger charge is -2.10. The second-order valence-corrected chi connectivity index (χ2v) is 7.24. The molecule has 0 aliphatic heterocycles. The van der Waals surface area contributed by atoms with Crippen molar-refractivity contribution in [1.29, 1.82) is 0 Å². The summed E-state index contributed by atoms with van der Waals surface area (Å²) < 4.78 is 27.7. The van der Waals surface area contributed by atoms with Crippen molar-refractivity contribution in [3.05, 3.63) is 46.8 Å². The summed E-state index contributed by atoms with van der Waals surface area (Å²) in [4.78, 5) is 0. The molecule has 1 aromatic carbocycles. The Morgan fingerprint density at radius 2 is 2.00 bits per heavy atom. The van der Waals surface area contributed by atoms with Crippen LogP contribution in [0.5, 0.6) is 0 Å². The number of benzene rings is 1.